The van der Waals surface area contributed by atoms with Gasteiger partial charge in [-0.3, -0.25) is 4.79 Å². The van der Waals surface area contributed by atoms with Crippen LogP contribution in [0.15, 0.2) is 34.8 Å². The van der Waals surface area contributed by atoms with Crippen molar-refractivity contribution in [3.8, 4) is 5.75 Å². The number of nitrogen functional groups attached to an aromatic ring is 1. The van der Waals surface area contributed by atoms with Crippen LogP contribution >= 0.6 is 27.5 Å². The minimum Gasteiger partial charge on any atom is -0.485 e. The Balaban J connectivity index is 2.19. The number of anilines is 1. The molecule has 0 saturated carbocycles. The summed E-state index contributed by atoms with van der Waals surface area (Å²) >= 11 is 9.24. The number of carbonyl (C=O) groups is 1. The molecule has 0 aliphatic carbocycles. The topological polar surface area (TPSA) is 78.3 Å². The Bertz CT molecular complexity index is 686. The van der Waals surface area contributed by atoms with Gasteiger partial charge in [-0.2, -0.15) is 0 Å². The molecular weight excluding hydrogens is 363 g/mol. The zero-order chi connectivity index (χ0) is 15.6. The van der Waals surface area contributed by atoms with Gasteiger partial charge in [-0.05, 0) is 34.1 Å². The maximum absolute atomic E-state index is 13.1. The van der Waals surface area contributed by atoms with Gasteiger partial charge < -0.3 is 16.2 Å². The summed E-state index contributed by atoms with van der Waals surface area (Å²) in [6, 6.07) is 7.07. The van der Waals surface area contributed by atoms with Crippen LogP contribution in [0.2, 0.25) is 5.02 Å². The van der Waals surface area contributed by atoms with E-state index in [2.05, 4.69) is 15.9 Å². The zero-order valence-electron chi connectivity index (χ0n) is 10.7. The van der Waals surface area contributed by atoms with Gasteiger partial charge in [0.05, 0.1) is 10.2 Å². The molecule has 0 unspecified atom stereocenters. The lowest BCUT2D eigenvalue weighted by Gasteiger charge is -2.12. The maximum atomic E-state index is 13.1. The normalized spacial score (nSPS) is 10.4. The molecule has 0 aliphatic rings. The molecule has 0 heterocycles. The lowest BCUT2D eigenvalue weighted by Crippen LogP contribution is -2.11. The van der Waals surface area contributed by atoms with E-state index in [1.807, 2.05) is 0 Å². The van der Waals surface area contributed by atoms with E-state index in [4.69, 9.17) is 27.8 Å². The van der Waals surface area contributed by atoms with Crippen molar-refractivity contribution in [2.45, 2.75) is 6.61 Å². The predicted octanol–water partition coefficient (Wildman–Crippen LogP) is 3.50. The maximum Gasteiger partial charge on any atom is 0.248 e. The minimum absolute atomic E-state index is 0.117. The molecule has 0 fully saturated rings. The van der Waals surface area contributed by atoms with E-state index < -0.39 is 11.7 Å². The molecule has 21 heavy (non-hydrogen) atoms. The van der Waals surface area contributed by atoms with Crippen LogP contribution < -0.4 is 16.2 Å². The van der Waals surface area contributed by atoms with Crippen molar-refractivity contribution in [2.24, 2.45) is 5.73 Å². The number of ether oxygens (including phenoxy) is 1. The van der Waals surface area contributed by atoms with E-state index in [9.17, 15) is 9.18 Å². The van der Waals surface area contributed by atoms with Crippen molar-refractivity contribution in [3.05, 3.63) is 56.8 Å². The highest BCUT2D eigenvalue weighted by molar-refractivity contribution is 9.10. The van der Waals surface area contributed by atoms with E-state index in [1.165, 1.54) is 12.1 Å². The largest absolute Gasteiger partial charge is 0.485 e. The van der Waals surface area contributed by atoms with Gasteiger partial charge in [-0.15, -0.1) is 0 Å². The van der Waals surface area contributed by atoms with Crippen LogP contribution in [-0.2, 0) is 6.61 Å². The number of benzene rings is 2. The number of nitrogens with two attached hydrogens (primary N) is 2. The summed E-state index contributed by atoms with van der Waals surface area (Å²) in [4.78, 5) is 11.0. The second-order valence-corrected chi connectivity index (χ2v) is 5.53. The third kappa shape index (κ3) is 3.65. The Morgan fingerprint density at radius 2 is 2.05 bits per heavy atom. The van der Waals surface area contributed by atoms with Crippen molar-refractivity contribution < 1.29 is 13.9 Å². The Labute approximate surface area is 134 Å². The van der Waals surface area contributed by atoms with E-state index in [0.29, 0.717) is 26.4 Å². The van der Waals surface area contributed by atoms with Crippen molar-refractivity contribution in [2.75, 3.05) is 5.73 Å². The molecule has 0 bridgehead atoms. The zero-order valence-corrected chi connectivity index (χ0v) is 13.0. The first-order valence-electron chi connectivity index (χ1n) is 5.84. The highest BCUT2D eigenvalue weighted by Crippen LogP contribution is 2.33. The van der Waals surface area contributed by atoms with Crippen LogP contribution in [0.25, 0.3) is 0 Å². The SMILES string of the molecule is NC(=O)c1ccc(COc2c(N)cc(F)cc2Br)c(Cl)c1. The molecule has 2 aromatic rings. The van der Waals surface area contributed by atoms with Crippen molar-refractivity contribution >= 4 is 39.1 Å². The molecule has 0 radical (unpaired) electrons. The molecule has 110 valence electrons. The van der Waals surface area contributed by atoms with Gasteiger partial charge in [0.15, 0.2) is 5.75 Å². The standard InChI is InChI=1S/C14H11BrClFN2O2/c15-10-4-9(17)5-12(18)13(10)21-6-8-2-1-7(14(19)20)3-11(8)16/h1-5H,6,18H2,(H2,19,20). The average molecular weight is 374 g/mol. The molecule has 4 N–H and O–H groups in total. The van der Waals surface area contributed by atoms with Gasteiger partial charge in [0.25, 0.3) is 0 Å². The summed E-state index contributed by atoms with van der Waals surface area (Å²) in [7, 11) is 0. The van der Waals surface area contributed by atoms with Gasteiger partial charge >= 0.3 is 0 Å². The smallest absolute Gasteiger partial charge is 0.248 e. The highest BCUT2D eigenvalue weighted by Gasteiger charge is 2.11. The molecule has 0 atom stereocenters. The van der Waals surface area contributed by atoms with Crippen LogP contribution in [0.1, 0.15) is 15.9 Å². The Kier molecular flexibility index (Phi) is 4.69. The highest BCUT2D eigenvalue weighted by atomic mass is 79.9. The number of carbonyl (C=O) groups excluding carboxylic acids is 1. The lowest BCUT2D eigenvalue weighted by atomic mass is 10.1. The third-order valence-electron chi connectivity index (χ3n) is 2.75. The first-order chi connectivity index (χ1) is 9.88. The fraction of sp³-hybridized carbons (Fsp3) is 0.0714. The number of primary amides is 1. The molecule has 0 spiro atoms. The van der Waals surface area contributed by atoms with Crippen LogP contribution in [0.4, 0.5) is 10.1 Å². The minimum atomic E-state index is -0.560. The van der Waals surface area contributed by atoms with Crippen molar-refractivity contribution in [1.29, 1.82) is 0 Å². The summed E-state index contributed by atoms with van der Waals surface area (Å²) in [6.45, 7) is 0.117. The second-order valence-electron chi connectivity index (χ2n) is 4.27. The van der Waals surface area contributed by atoms with Crippen LogP contribution in [0, 0.1) is 5.82 Å². The van der Waals surface area contributed by atoms with E-state index in [1.54, 1.807) is 12.1 Å². The summed E-state index contributed by atoms with van der Waals surface area (Å²) in [5.41, 5.74) is 12.0. The Morgan fingerprint density at radius 3 is 2.62 bits per heavy atom. The third-order valence-corrected chi connectivity index (χ3v) is 3.69. The van der Waals surface area contributed by atoms with Gasteiger partial charge in [0, 0.05) is 22.2 Å². The fourth-order valence-electron chi connectivity index (χ4n) is 1.70. The Hall–Kier alpha value is -1.79. The molecule has 2 aromatic carbocycles. The van der Waals surface area contributed by atoms with Crippen LogP contribution in [0.3, 0.4) is 0 Å². The van der Waals surface area contributed by atoms with Crippen molar-refractivity contribution in [1.82, 2.24) is 0 Å². The van der Waals surface area contributed by atoms with E-state index >= 15 is 0 Å². The Morgan fingerprint density at radius 1 is 1.33 bits per heavy atom. The van der Waals surface area contributed by atoms with Crippen LogP contribution in [0.5, 0.6) is 5.75 Å². The molecule has 1 amide bonds. The first kappa shape index (κ1) is 15.6. The second kappa shape index (κ2) is 6.32. The number of hydrogen-bond acceptors (Lipinski definition) is 3. The average Bonchev–Trinajstić information content (AvgIpc) is 2.38. The summed E-state index contributed by atoms with van der Waals surface area (Å²) in [5.74, 6) is -0.697. The number of halogens is 3. The van der Waals surface area contributed by atoms with Gasteiger partial charge in [0.2, 0.25) is 5.91 Å². The molecule has 7 heteroatoms. The fourth-order valence-corrected chi connectivity index (χ4v) is 2.50. The molecular formula is C14H11BrClFN2O2. The molecule has 4 nitrogen and oxygen atoms in total. The molecule has 0 aliphatic heterocycles. The van der Waals surface area contributed by atoms with Gasteiger partial charge in [-0.1, -0.05) is 17.7 Å². The van der Waals surface area contributed by atoms with E-state index in [0.717, 1.165) is 6.07 Å². The predicted molar refractivity (Wildman–Crippen MR) is 82.8 cm³/mol. The van der Waals surface area contributed by atoms with Crippen LogP contribution in [-0.4, -0.2) is 5.91 Å². The number of hydrogen-bond donors (Lipinski definition) is 2. The molecule has 2 rings (SSSR count). The van der Waals surface area contributed by atoms with Gasteiger partial charge in [0.1, 0.15) is 12.4 Å². The number of rotatable bonds is 4. The monoisotopic (exact) mass is 372 g/mol. The molecule has 0 saturated heterocycles. The van der Waals surface area contributed by atoms with Crippen molar-refractivity contribution in [3.63, 3.8) is 0 Å². The lowest BCUT2D eigenvalue weighted by molar-refractivity contribution is 0.1000. The summed E-state index contributed by atoms with van der Waals surface area (Å²) in [5, 5.41) is 0.350. The number of amides is 1. The molecule has 0 aromatic heterocycles. The summed E-state index contributed by atoms with van der Waals surface area (Å²) < 4.78 is 19.1. The quantitative estimate of drug-likeness (QED) is 0.805. The summed E-state index contributed by atoms with van der Waals surface area (Å²) in [6.07, 6.45) is 0. The van der Waals surface area contributed by atoms with E-state index in [-0.39, 0.29) is 12.3 Å². The first-order valence-corrected chi connectivity index (χ1v) is 7.01. The van der Waals surface area contributed by atoms with Gasteiger partial charge in [-0.25, -0.2) is 4.39 Å².